The highest BCUT2D eigenvalue weighted by atomic mass is 19.1. The summed E-state index contributed by atoms with van der Waals surface area (Å²) in [6.45, 7) is 4.31. The predicted octanol–water partition coefficient (Wildman–Crippen LogP) is 2.77. The first-order valence-electron chi connectivity index (χ1n) is 11.2. The van der Waals surface area contributed by atoms with Crippen LogP contribution < -0.4 is 15.0 Å². The summed E-state index contributed by atoms with van der Waals surface area (Å²) in [5.41, 5.74) is 2.87. The van der Waals surface area contributed by atoms with Crippen LogP contribution in [0.2, 0.25) is 0 Å². The molecule has 1 aromatic heterocycles. The van der Waals surface area contributed by atoms with E-state index in [1.54, 1.807) is 24.5 Å². The van der Waals surface area contributed by atoms with Gasteiger partial charge in [-0.15, -0.1) is 0 Å². The molecule has 170 valence electrons. The molecular formula is C25H26FN5O2. The lowest BCUT2D eigenvalue weighted by molar-refractivity contribution is 0.0933. The number of carbonyl (C=O) groups excluding carboxylic acids is 1. The minimum Gasteiger partial charge on any atom is -0.487 e. The van der Waals surface area contributed by atoms with Crippen LogP contribution in [0.3, 0.4) is 0 Å². The Morgan fingerprint density at radius 3 is 2.55 bits per heavy atom. The third kappa shape index (κ3) is 4.52. The van der Waals surface area contributed by atoms with Crippen LogP contribution in [0, 0.1) is 5.82 Å². The molecule has 7 nitrogen and oxygen atoms in total. The van der Waals surface area contributed by atoms with Crippen molar-refractivity contribution >= 4 is 11.6 Å². The quantitative estimate of drug-likeness (QED) is 0.649. The van der Waals surface area contributed by atoms with Crippen LogP contribution in [0.5, 0.6) is 5.75 Å². The van der Waals surface area contributed by atoms with Gasteiger partial charge in [-0.25, -0.2) is 14.4 Å². The number of amides is 1. The molecule has 3 aromatic rings. The molecule has 0 radical (unpaired) electrons. The SMILES string of the molecule is CN1CCN(c2ccc(C(=O)NCC3Cc4c(F)ccc(-c5ncccn5)c4O3)cc2)CC1. The van der Waals surface area contributed by atoms with Crippen LogP contribution in [0.1, 0.15) is 15.9 Å². The van der Waals surface area contributed by atoms with E-state index < -0.39 is 0 Å². The largest absolute Gasteiger partial charge is 0.487 e. The number of nitrogens with zero attached hydrogens (tertiary/aromatic N) is 4. The Balaban J connectivity index is 1.21. The van der Waals surface area contributed by atoms with Crippen molar-refractivity contribution in [1.82, 2.24) is 20.2 Å². The van der Waals surface area contributed by atoms with E-state index in [4.69, 9.17) is 4.74 Å². The van der Waals surface area contributed by atoms with E-state index in [0.29, 0.717) is 34.7 Å². The summed E-state index contributed by atoms with van der Waals surface area (Å²) >= 11 is 0. The van der Waals surface area contributed by atoms with Crippen molar-refractivity contribution in [1.29, 1.82) is 0 Å². The summed E-state index contributed by atoms with van der Waals surface area (Å²) in [7, 11) is 2.13. The van der Waals surface area contributed by atoms with Gasteiger partial charge in [0.1, 0.15) is 17.7 Å². The third-order valence-corrected chi connectivity index (χ3v) is 6.21. The van der Waals surface area contributed by atoms with Gasteiger partial charge < -0.3 is 19.9 Å². The number of anilines is 1. The second-order valence-corrected chi connectivity index (χ2v) is 8.47. The van der Waals surface area contributed by atoms with Crippen molar-refractivity contribution in [3.63, 3.8) is 0 Å². The van der Waals surface area contributed by atoms with Crippen LogP contribution >= 0.6 is 0 Å². The number of rotatable bonds is 5. The highest BCUT2D eigenvalue weighted by Gasteiger charge is 2.30. The summed E-state index contributed by atoms with van der Waals surface area (Å²) in [6.07, 6.45) is 3.30. The topological polar surface area (TPSA) is 70.6 Å². The molecule has 3 heterocycles. The van der Waals surface area contributed by atoms with Crippen molar-refractivity contribution < 1.29 is 13.9 Å². The second kappa shape index (κ2) is 9.15. The van der Waals surface area contributed by atoms with Gasteiger partial charge in [-0.3, -0.25) is 4.79 Å². The van der Waals surface area contributed by atoms with Crippen molar-refractivity contribution in [3.8, 4) is 17.1 Å². The number of piperazine rings is 1. The van der Waals surface area contributed by atoms with Gasteiger partial charge in [0.25, 0.3) is 5.91 Å². The second-order valence-electron chi connectivity index (χ2n) is 8.47. The lowest BCUT2D eigenvalue weighted by atomic mass is 10.0. The lowest BCUT2D eigenvalue weighted by Crippen LogP contribution is -2.44. The first kappa shape index (κ1) is 21.3. The Labute approximate surface area is 192 Å². The molecule has 33 heavy (non-hydrogen) atoms. The monoisotopic (exact) mass is 447 g/mol. The van der Waals surface area contributed by atoms with E-state index >= 15 is 0 Å². The van der Waals surface area contributed by atoms with E-state index in [-0.39, 0.29) is 24.4 Å². The number of hydrogen-bond donors (Lipinski definition) is 1. The van der Waals surface area contributed by atoms with E-state index in [0.717, 1.165) is 31.9 Å². The number of benzene rings is 2. The summed E-state index contributed by atoms with van der Waals surface area (Å²) in [4.78, 5) is 25.8. The van der Waals surface area contributed by atoms with Gasteiger partial charge in [-0.2, -0.15) is 0 Å². The van der Waals surface area contributed by atoms with E-state index in [1.807, 2.05) is 24.3 Å². The van der Waals surface area contributed by atoms with Crippen LogP contribution in [0.15, 0.2) is 54.9 Å². The Hall–Kier alpha value is -3.52. The molecule has 0 spiro atoms. The van der Waals surface area contributed by atoms with E-state index in [1.165, 1.54) is 6.07 Å². The number of carbonyl (C=O) groups is 1. The van der Waals surface area contributed by atoms with E-state index in [9.17, 15) is 9.18 Å². The third-order valence-electron chi connectivity index (χ3n) is 6.21. The summed E-state index contributed by atoms with van der Waals surface area (Å²) in [5.74, 6) is 0.445. The molecule has 8 heteroatoms. The molecule has 1 saturated heterocycles. The molecular weight excluding hydrogens is 421 g/mol. The molecule has 5 rings (SSSR count). The zero-order valence-corrected chi connectivity index (χ0v) is 18.5. The standard InChI is InChI=1S/C25H26FN5O2/c1-30-11-13-31(14-12-30)18-5-3-17(4-6-18)25(32)29-16-19-15-21-22(26)8-7-20(23(21)33-19)24-27-9-2-10-28-24/h2-10,19H,11-16H2,1H3,(H,29,32). The van der Waals surface area contributed by atoms with Crippen molar-refractivity contribution in [2.75, 3.05) is 44.7 Å². The lowest BCUT2D eigenvalue weighted by Gasteiger charge is -2.34. The number of aromatic nitrogens is 2. The summed E-state index contributed by atoms with van der Waals surface area (Å²) < 4.78 is 20.4. The maximum absolute atomic E-state index is 14.4. The number of ether oxygens (including phenoxy) is 1. The van der Waals surface area contributed by atoms with Gasteiger partial charge in [0.2, 0.25) is 0 Å². The maximum Gasteiger partial charge on any atom is 0.251 e. The Morgan fingerprint density at radius 2 is 1.82 bits per heavy atom. The maximum atomic E-state index is 14.4. The number of halogens is 1. The normalized spacial score (nSPS) is 18.0. The molecule has 2 aliphatic heterocycles. The minimum atomic E-state index is -0.354. The molecule has 1 unspecified atom stereocenters. The highest BCUT2D eigenvalue weighted by Crippen LogP contribution is 2.38. The number of hydrogen-bond acceptors (Lipinski definition) is 6. The van der Waals surface area contributed by atoms with Gasteiger partial charge >= 0.3 is 0 Å². The van der Waals surface area contributed by atoms with Crippen LogP contribution in [-0.2, 0) is 6.42 Å². The Kier molecular flexibility index (Phi) is 5.92. The predicted molar refractivity (Wildman–Crippen MR) is 124 cm³/mol. The molecule has 2 aliphatic rings. The molecule has 1 amide bonds. The molecule has 2 aromatic carbocycles. The number of nitrogens with one attached hydrogen (secondary N) is 1. The van der Waals surface area contributed by atoms with Crippen LogP contribution in [0.25, 0.3) is 11.4 Å². The fraction of sp³-hybridized carbons (Fsp3) is 0.320. The van der Waals surface area contributed by atoms with Crippen LogP contribution in [-0.4, -0.2) is 66.7 Å². The Morgan fingerprint density at radius 1 is 1.09 bits per heavy atom. The zero-order valence-electron chi connectivity index (χ0n) is 18.5. The Bertz CT molecular complexity index is 1130. The van der Waals surface area contributed by atoms with Gasteiger partial charge in [0.15, 0.2) is 5.82 Å². The average Bonchev–Trinajstić information content (AvgIpc) is 3.29. The average molecular weight is 448 g/mol. The van der Waals surface area contributed by atoms with Gasteiger partial charge in [-0.1, -0.05) is 0 Å². The zero-order chi connectivity index (χ0) is 22.8. The smallest absolute Gasteiger partial charge is 0.251 e. The van der Waals surface area contributed by atoms with Crippen molar-refractivity contribution in [2.45, 2.75) is 12.5 Å². The molecule has 1 atom stereocenters. The fourth-order valence-corrected chi connectivity index (χ4v) is 4.29. The summed E-state index contributed by atoms with van der Waals surface area (Å²) in [5, 5.41) is 2.92. The van der Waals surface area contributed by atoms with Gasteiger partial charge in [-0.05, 0) is 49.5 Å². The molecule has 0 aliphatic carbocycles. The van der Waals surface area contributed by atoms with Crippen molar-refractivity contribution in [2.24, 2.45) is 0 Å². The summed E-state index contributed by atoms with van der Waals surface area (Å²) in [6, 6.07) is 12.4. The number of fused-ring (bicyclic) bond motifs is 1. The minimum absolute atomic E-state index is 0.174. The number of likely N-dealkylation sites (N-methyl/N-ethyl adjacent to an activating group) is 1. The molecule has 0 bridgehead atoms. The van der Waals surface area contributed by atoms with Crippen LogP contribution in [0.4, 0.5) is 10.1 Å². The first-order valence-corrected chi connectivity index (χ1v) is 11.2. The van der Waals surface area contributed by atoms with E-state index in [2.05, 4.69) is 32.1 Å². The van der Waals surface area contributed by atoms with Gasteiger partial charge in [0.05, 0.1) is 12.1 Å². The molecule has 1 fully saturated rings. The van der Waals surface area contributed by atoms with Gasteiger partial charge in [0, 0.05) is 61.8 Å². The first-order chi connectivity index (χ1) is 16.1. The fourth-order valence-electron chi connectivity index (χ4n) is 4.29. The molecule has 0 saturated carbocycles. The van der Waals surface area contributed by atoms with Crippen molar-refractivity contribution in [3.05, 3.63) is 71.8 Å². The molecule has 1 N–H and O–H groups in total. The highest BCUT2D eigenvalue weighted by molar-refractivity contribution is 5.94.